The predicted molar refractivity (Wildman–Crippen MR) is 85.9 cm³/mol. The molecule has 0 bridgehead atoms. The first-order chi connectivity index (χ1) is 9.40. The summed E-state index contributed by atoms with van der Waals surface area (Å²) in [5, 5.41) is 0. The molecular weight excluding hydrogens is 342 g/mol. The molecule has 20 heavy (non-hydrogen) atoms. The lowest BCUT2D eigenvalue weighted by Crippen LogP contribution is -2.36. The average Bonchev–Trinajstić information content (AvgIpc) is 2.63. The van der Waals surface area contributed by atoms with E-state index < -0.39 is 10.2 Å². The van der Waals surface area contributed by atoms with Crippen molar-refractivity contribution in [2.75, 3.05) is 23.5 Å². The number of nitrogens with zero attached hydrogens (tertiary/aromatic N) is 1. The molecule has 0 amide bonds. The minimum absolute atomic E-state index is 0.417. The molecular formula is C13H20BrN3O2S. The molecule has 0 aliphatic carbocycles. The number of anilines is 2. The van der Waals surface area contributed by atoms with Crippen LogP contribution in [0.1, 0.15) is 31.2 Å². The zero-order chi connectivity index (χ0) is 14.8. The Bertz CT molecular complexity index is 558. The average molecular weight is 362 g/mol. The highest BCUT2D eigenvalue weighted by molar-refractivity contribution is 9.10. The van der Waals surface area contributed by atoms with Crippen molar-refractivity contribution in [2.24, 2.45) is 0 Å². The van der Waals surface area contributed by atoms with Gasteiger partial charge < -0.3 is 5.73 Å². The van der Waals surface area contributed by atoms with Gasteiger partial charge in [0, 0.05) is 17.6 Å². The van der Waals surface area contributed by atoms with E-state index in [1.54, 1.807) is 6.07 Å². The molecule has 1 saturated heterocycles. The van der Waals surface area contributed by atoms with E-state index in [2.05, 4.69) is 20.7 Å². The number of aryl methyl sites for hydroxylation is 1. The van der Waals surface area contributed by atoms with Crippen LogP contribution in [0.15, 0.2) is 16.6 Å². The Hall–Kier alpha value is -0.790. The van der Waals surface area contributed by atoms with Crippen LogP contribution >= 0.6 is 15.9 Å². The van der Waals surface area contributed by atoms with Crippen molar-refractivity contribution in [3.05, 3.63) is 22.2 Å². The zero-order valence-corrected chi connectivity index (χ0v) is 13.9. The number of hydrogen-bond acceptors (Lipinski definition) is 3. The van der Waals surface area contributed by atoms with E-state index in [1.807, 2.05) is 13.0 Å². The zero-order valence-electron chi connectivity index (χ0n) is 11.5. The summed E-state index contributed by atoms with van der Waals surface area (Å²) < 4.78 is 29.6. The third-order valence-corrected chi connectivity index (χ3v) is 5.53. The van der Waals surface area contributed by atoms with Crippen LogP contribution in [0.25, 0.3) is 0 Å². The number of halogens is 1. The fraction of sp³-hybridized carbons (Fsp3) is 0.538. The Kier molecular flexibility index (Phi) is 4.93. The SMILES string of the molecule is Cc1cc(N)c(NS(=O)(=O)N2CCCCCC2)c(Br)c1. The first-order valence-electron chi connectivity index (χ1n) is 6.73. The van der Waals surface area contributed by atoms with Gasteiger partial charge in [-0.2, -0.15) is 12.7 Å². The van der Waals surface area contributed by atoms with Gasteiger partial charge in [-0.25, -0.2) is 0 Å². The highest BCUT2D eigenvalue weighted by Crippen LogP contribution is 2.31. The minimum atomic E-state index is -3.54. The molecule has 1 aliphatic rings. The second kappa shape index (κ2) is 6.32. The molecule has 0 unspecified atom stereocenters. The van der Waals surface area contributed by atoms with Gasteiger partial charge in [-0.15, -0.1) is 0 Å². The van der Waals surface area contributed by atoms with Crippen LogP contribution in [-0.4, -0.2) is 25.8 Å². The number of benzene rings is 1. The summed E-state index contributed by atoms with van der Waals surface area (Å²) in [4.78, 5) is 0. The summed E-state index contributed by atoms with van der Waals surface area (Å²) in [5.41, 5.74) is 7.74. The third kappa shape index (κ3) is 3.65. The smallest absolute Gasteiger partial charge is 0.301 e. The van der Waals surface area contributed by atoms with Gasteiger partial charge in [-0.3, -0.25) is 4.72 Å². The van der Waals surface area contributed by atoms with Gasteiger partial charge in [-0.05, 0) is 53.4 Å². The summed E-state index contributed by atoms with van der Waals surface area (Å²) in [6.45, 7) is 3.05. The van der Waals surface area contributed by atoms with Crippen molar-refractivity contribution < 1.29 is 8.42 Å². The van der Waals surface area contributed by atoms with Crippen LogP contribution in [0.3, 0.4) is 0 Å². The minimum Gasteiger partial charge on any atom is -0.397 e. The van der Waals surface area contributed by atoms with E-state index >= 15 is 0 Å². The molecule has 0 atom stereocenters. The number of nitrogens with two attached hydrogens (primary N) is 1. The van der Waals surface area contributed by atoms with Gasteiger partial charge in [-0.1, -0.05) is 12.8 Å². The van der Waals surface area contributed by atoms with E-state index in [0.717, 1.165) is 31.2 Å². The fourth-order valence-electron chi connectivity index (χ4n) is 2.35. The van der Waals surface area contributed by atoms with Crippen molar-refractivity contribution in [2.45, 2.75) is 32.6 Å². The Morgan fingerprint density at radius 1 is 1.20 bits per heavy atom. The molecule has 112 valence electrons. The second-order valence-corrected chi connectivity index (χ2v) is 7.66. The molecule has 0 radical (unpaired) electrons. The Balaban J connectivity index is 2.23. The van der Waals surface area contributed by atoms with E-state index in [0.29, 0.717) is 28.9 Å². The van der Waals surface area contributed by atoms with E-state index in [9.17, 15) is 8.42 Å². The highest BCUT2D eigenvalue weighted by atomic mass is 79.9. The second-order valence-electron chi connectivity index (χ2n) is 5.13. The maximum absolute atomic E-state index is 12.4. The predicted octanol–water partition coefficient (Wildman–Crippen LogP) is 2.87. The van der Waals surface area contributed by atoms with Gasteiger partial charge in [0.05, 0.1) is 11.4 Å². The molecule has 3 N–H and O–H groups in total. The quantitative estimate of drug-likeness (QED) is 0.812. The van der Waals surface area contributed by atoms with Crippen molar-refractivity contribution in [1.82, 2.24) is 4.31 Å². The normalized spacial score (nSPS) is 17.7. The van der Waals surface area contributed by atoms with Crippen LogP contribution in [0.2, 0.25) is 0 Å². The Morgan fingerprint density at radius 3 is 2.35 bits per heavy atom. The number of nitrogen functional groups attached to an aromatic ring is 1. The molecule has 1 aromatic rings. The lowest BCUT2D eigenvalue weighted by molar-refractivity contribution is 0.427. The Labute approximate surface area is 128 Å². The van der Waals surface area contributed by atoms with E-state index in [-0.39, 0.29) is 0 Å². The van der Waals surface area contributed by atoms with Gasteiger partial charge in [0.15, 0.2) is 0 Å². The van der Waals surface area contributed by atoms with E-state index in [4.69, 9.17) is 5.73 Å². The molecule has 0 aromatic heterocycles. The fourth-order valence-corrected chi connectivity index (χ4v) is 4.53. The van der Waals surface area contributed by atoms with Gasteiger partial charge in [0.25, 0.3) is 0 Å². The maximum atomic E-state index is 12.4. The maximum Gasteiger partial charge on any atom is 0.301 e. The molecule has 1 heterocycles. The summed E-state index contributed by atoms with van der Waals surface area (Å²) >= 11 is 3.36. The lowest BCUT2D eigenvalue weighted by atomic mass is 10.2. The molecule has 2 rings (SSSR count). The molecule has 1 aromatic carbocycles. The van der Waals surface area contributed by atoms with Gasteiger partial charge in [0.1, 0.15) is 0 Å². The lowest BCUT2D eigenvalue weighted by Gasteiger charge is -2.22. The molecule has 5 nitrogen and oxygen atoms in total. The van der Waals surface area contributed by atoms with Crippen LogP contribution in [0, 0.1) is 6.92 Å². The summed E-state index contributed by atoms with van der Waals surface area (Å²) in [5.74, 6) is 0. The van der Waals surface area contributed by atoms with Gasteiger partial charge in [0.2, 0.25) is 0 Å². The summed E-state index contributed by atoms with van der Waals surface area (Å²) in [7, 11) is -3.54. The third-order valence-electron chi connectivity index (χ3n) is 3.40. The van der Waals surface area contributed by atoms with E-state index in [1.165, 1.54) is 4.31 Å². The monoisotopic (exact) mass is 361 g/mol. The van der Waals surface area contributed by atoms with Crippen molar-refractivity contribution >= 4 is 37.5 Å². The highest BCUT2D eigenvalue weighted by Gasteiger charge is 2.24. The first kappa shape index (κ1) is 15.6. The number of rotatable bonds is 3. The number of hydrogen-bond donors (Lipinski definition) is 2. The standard InChI is InChI=1S/C13H20BrN3O2S/c1-10-8-11(14)13(12(15)9-10)16-20(18,19)17-6-4-2-3-5-7-17/h8-9,16H,2-7,15H2,1H3. The molecule has 0 spiro atoms. The summed E-state index contributed by atoms with van der Waals surface area (Å²) in [6, 6.07) is 3.60. The Morgan fingerprint density at radius 2 is 1.80 bits per heavy atom. The molecule has 0 saturated carbocycles. The van der Waals surface area contributed by atoms with Crippen molar-refractivity contribution in [3.8, 4) is 0 Å². The van der Waals surface area contributed by atoms with Gasteiger partial charge >= 0.3 is 10.2 Å². The first-order valence-corrected chi connectivity index (χ1v) is 8.97. The largest absolute Gasteiger partial charge is 0.397 e. The van der Waals surface area contributed by atoms with Crippen molar-refractivity contribution in [3.63, 3.8) is 0 Å². The summed E-state index contributed by atoms with van der Waals surface area (Å²) in [6.07, 6.45) is 3.99. The topological polar surface area (TPSA) is 75.4 Å². The van der Waals surface area contributed by atoms with Crippen LogP contribution in [-0.2, 0) is 10.2 Å². The number of nitrogens with one attached hydrogen (secondary N) is 1. The molecule has 1 aliphatic heterocycles. The molecule has 1 fully saturated rings. The molecule has 7 heteroatoms. The van der Waals surface area contributed by atoms with Crippen LogP contribution < -0.4 is 10.5 Å². The van der Waals surface area contributed by atoms with Crippen LogP contribution in [0.4, 0.5) is 11.4 Å². The van der Waals surface area contributed by atoms with Crippen LogP contribution in [0.5, 0.6) is 0 Å². The van der Waals surface area contributed by atoms with Crippen molar-refractivity contribution in [1.29, 1.82) is 0 Å².